The minimum Gasteiger partial charge on any atom is -0.490 e. The number of carbonyl (C=O) groups is 1. The van der Waals surface area contributed by atoms with E-state index in [1.54, 1.807) is 26.2 Å². The number of nitrogens with two attached hydrogens (primary N) is 1. The monoisotopic (exact) mass is 491 g/mol. The number of carbonyl (C=O) groups excluding carboxylic acids is 1. The van der Waals surface area contributed by atoms with Crippen molar-refractivity contribution in [2.24, 2.45) is 0 Å². The van der Waals surface area contributed by atoms with E-state index in [0.717, 1.165) is 0 Å². The number of benzene rings is 1. The largest absolute Gasteiger partial charge is 0.490 e. The van der Waals surface area contributed by atoms with Gasteiger partial charge in [0, 0.05) is 23.9 Å². The van der Waals surface area contributed by atoms with Crippen LogP contribution in [0.2, 0.25) is 5.02 Å². The van der Waals surface area contributed by atoms with E-state index in [-0.39, 0.29) is 42.2 Å². The summed E-state index contributed by atoms with van der Waals surface area (Å²) in [6.07, 6.45) is 2.94. The molecule has 0 spiro atoms. The number of aliphatic hydroxyl groups is 1. The van der Waals surface area contributed by atoms with Crippen LogP contribution in [0.3, 0.4) is 0 Å². The van der Waals surface area contributed by atoms with Gasteiger partial charge in [0.25, 0.3) is 5.91 Å². The summed E-state index contributed by atoms with van der Waals surface area (Å²) in [5, 5.41) is 12.6. The highest BCUT2D eigenvalue weighted by atomic mass is 35.5. The normalized spacial score (nSPS) is 15.9. The van der Waals surface area contributed by atoms with Gasteiger partial charge >= 0.3 is 0 Å². The van der Waals surface area contributed by atoms with Crippen LogP contribution in [-0.4, -0.2) is 56.8 Å². The topological polar surface area (TPSA) is 124 Å². The molecule has 0 unspecified atom stereocenters. The van der Waals surface area contributed by atoms with E-state index in [1.165, 1.54) is 6.07 Å². The zero-order chi connectivity index (χ0) is 24.8. The lowest BCUT2D eigenvalue weighted by molar-refractivity contribution is -0.173. The molecule has 1 aliphatic heterocycles. The number of ether oxygens (including phenoxy) is 2. The third kappa shape index (κ3) is 4.28. The summed E-state index contributed by atoms with van der Waals surface area (Å²) in [5.41, 5.74) is 6.37. The van der Waals surface area contributed by atoms with Gasteiger partial charge in [0.05, 0.1) is 36.6 Å². The summed E-state index contributed by atoms with van der Waals surface area (Å²) < 4.78 is 28.0. The average molecular weight is 492 g/mol. The van der Waals surface area contributed by atoms with Crippen LogP contribution < -0.4 is 15.8 Å². The van der Waals surface area contributed by atoms with Crippen molar-refractivity contribution in [3.63, 3.8) is 0 Å². The predicted molar refractivity (Wildman–Crippen MR) is 125 cm³/mol. The van der Waals surface area contributed by atoms with E-state index in [4.69, 9.17) is 26.8 Å². The van der Waals surface area contributed by atoms with Crippen LogP contribution in [0.5, 0.6) is 5.75 Å². The number of amides is 1. The molecule has 1 aliphatic rings. The molecule has 34 heavy (non-hydrogen) atoms. The zero-order valence-electron chi connectivity index (χ0n) is 19.4. The third-order valence-corrected chi connectivity index (χ3v) is 6.01. The highest BCUT2D eigenvalue weighted by Crippen LogP contribution is 2.40. The lowest BCUT2D eigenvalue weighted by atomic mass is 9.95. The minimum absolute atomic E-state index is 0.0650. The number of aryl methyl sites for hydroxylation is 1. The number of fused-ring (bicyclic) bond motifs is 1. The molecule has 0 saturated carbocycles. The van der Waals surface area contributed by atoms with Crippen molar-refractivity contribution in [3.8, 4) is 5.75 Å². The van der Waals surface area contributed by atoms with Gasteiger partial charge in [-0.15, -0.1) is 0 Å². The van der Waals surface area contributed by atoms with E-state index >= 15 is 4.39 Å². The number of nitrogen functional groups attached to an aromatic ring is 1. The van der Waals surface area contributed by atoms with Gasteiger partial charge in [-0.05, 0) is 26.8 Å². The van der Waals surface area contributed by atoms with E-state index < -0.39 is 23.2 Å². The van der Waals surface area contributed by atoms with Crippen LogP contribution in [0.25, 0.3) is 5.52 Å². The Balaban J connectivity index is 1.82. The summed E-state index contributed by atoms with van der Waals surface area (Å²) in [4.78, 5) is 21.9. The summed E-state index contributed by atoms with van der Waals surface area (Å²) in [6, 6.07) is 1.45. The van der Waals surface area contributed by atoms with Crippen molar-refractivity contribution in [2.45, 2.75) is 45.3 Å². The fraction of sp³-hybridized carbons (Fsp3) is 0.435. The van der Waals surface area contributed by atoms with Gasteiger partial charge in [0.2, 0.25) is 0 Å². The van der Waals surface area contributed by atoms with E-state index in [0.29, 0.717) is 28.4 Å². The lowest BCUT2D eigenvalue weighted by Gasteiger charge is -2.36. The smallest absolute Gasteiger partial charge is 0.258 e. The maximum absolute atomic E-state index is 15.2. The molecular weight excluding hydrogens is 465 g/mol. The predicted octanol–water partition coefficient (Wildman–Crippen LogP) is 2.84. The van der Waals surface area contributed by atoms with Crippen LogP contribution in [-0.2, 0) is 4.74 Å². The summed E-state index contributed by atoms with van der Waals surface area (Å²) in [6.45, 7) is 7.32. The second-order valence-electron chi connectivity index (χ2n) is 8.84. The van der Waals surface area contributed by atoms with Crippen LogP contribution in [0, 0.1) is 12.7 Å². The Hall–Kier alpha value is -2.95. The van der Waals surface area contributed by atoms with Crippen molar-refractivity contribution >= 4 is 28.8 Å². The van der Waals surface area contributed by atoms with E-state index in [2.05, 4.69) is 15.3 Å². The fourth-order valence-electron chi connectivity index (χ4n) is 4.00. The fourth-order valence-corrected chi connectivity index (χ4v) is 4.21. The van der Waals surface area contributed by atoms with Gasteiger partial charge in [-0.3, -0.25) is 9.20 Å². The minimum atomic E-state index is -1.18. The van der Waals surface area contributed by atoms with Crippen molar-refractivity contribution < 1.29 is 23.8 Å². The molecule has 1 aromatic carbocycles. The van der Waals surface area contributed by atoms with Gasteiger partial charge < -0.3 is 25.6 Å². The Morgan fingerprint density at radius 1 is 1.44 bits per heavy atom. The average Bonchev–Trinajstić information content (AvgIpc) is 3.10. The molecule has 0 aliphatic carbocycles. The molecule has 1 fully saturated rings. The molecule has 9 nitrogen and oxygen atoms in total. The maximum Gasteiger partial charge on any atom is 0.258 e. The molecule has 4 rings (SSSR count). The third-order valence-electron chi connectivity index (χ3n) is 5.74. The number of hydrogen-bond donors (Lipinski definition) is 3. The number of nitrogens with zero attached hydrogens (tertiary/aromatic N) is 3. The molecule has 4 N–H and O–H groups in total. The van der Waals surface area contributed by atoms with Gasteiger partial charge in [-0.1, -0.05) is 18.5 Å². The van der Waals surface area contributed by atoms with Crippen LogP contribution in [0.15, 0.2) is 18.5 Å². The molecular formula is C23H27ClFN5O4. The molecule has 3 heterocycles. The van der Waals surface area contributed by atoms with Gasteiger partial charge in [-0.2, -0.15) is 0 Å². The zero-order valence-corrected chi connectivity index (χ0v) is 20.1. The molecule has 0 radical (unpaired) electrons. The van der Waals surface area contributed by atoms with Crippen molar-refractivity contribution in [3.05, 3.63) is 51.9 Å². The maximum atomic E-state index is 15.2. The standard InChI is InChI=1S/C23H27ClFN5O4/c1-11(2)34-19-14(12(3)21-29-13(4)18-20(26)27-5-6-30(18)21)7-15(24)17(25)16(19)22(31)28-8-23(32)9-33-10-23/h5-7,11-12,32H,8-10H2,1-4H3,(H2,26,27)(H,28,31)/t12-/m0/s1. The quantitative estimate of drug-likeness (QED) is 0.464. The molecule has 3 aromatic rings. The number of rotatable bonds is 7. The van der Waals surface area contributed by atoms with Gasteiger partial charge in [0.15, 0.2) is 5.82 Å². The summed E-state index contributed by atoms with van der Waals surface area (Å²) >= 11 is 6.24. The summed E-state index contributed by atoms with van der Waals surface area (Å²) in [7, 11) is 0. The number of nitrogens with one attached hydrogen (secondary N) is 1. The number of aromatic nitrogens is 3. The molecule has 1 atom stereocenters. The van der Waals surface area contributed by atoms with Crippen molar-refractivity contribution in [2.75, 3.05) is 25.5 Å². The van der Waals surface area contributed by atoms with Gasteiger partial charge in [-0.25, -0.2) is 14.4 Å². The molecule has 0 bridgehead atoms. The first-order valence-electron chi connectivity index (χ1n) is 10.9. The molecule has 182 valence electrons. The Kier molecular flexibility index (Phi) is 6.41. The number of imidazole rings is 1. The van der Waals surface area contributed by atoms with E-state index in [9.17, 15) is 9.90 Å². The number of halogens is 2. The molecule has 1 saturated heterocycles. The number of hydrogen-bond acceptors (Lipinski definition) is 7. The highest BCUT2D eigenvalue weighted by Gasteiger charge is 2.37. The first-order valence-corrected chi connectivity index (χ1v) is 11.3. The second-order valence-corrected chi connectivity index (χ2v) is 9.25. The van der Waals surface area contributed by atoms with Crippen molar-refractivity contribution in [1.29, 1.82) is 0 Å². The van der Waals surface area contributed by atoms with Gasteiger partial charge in [0.1, 0.15) is 34.1 Å². The Bertz CT molecular complexity index is 1260. The first-order chi connectivity index (χ1) is 16.0. The Morgan fingerprint density at radius 3 is 2.76 bits per heavy atom. The van der Waals surface area contributed by atoms with Crippen molar-refractivity contribution in [1.82, 2.24) is 19.7 Å². The van der Waals surface area contributed by atoms with Crippen LogP contribution in [0.1, 0.15) is 54.1 Å². The number of anilines is 1. The Morgan fingerprint density at radius 2 is 2.15 bits per heavy atom. The Labute approximate surface area is 201 Å². The lowest BCUT2D eigenvalue weighted by Crippen LogP contribution is -2.57. The molecule has 1 amide bonds. The second kappa shape index (κ2) is 9.01. The highest BCUT2D eigenvalue weighted by molar-refractivity contribution is 6.31. The van der Waals surface area contributed by atoms with Crippen LogP contribution >= 0.6 is 11.6 Å². The SMILES string of the molecule is Cc1nc([C@@H](C)c2cc(Cl)c(F)c(C(=O)NCC3(O)COC3)c2OC(C)C)n2ccnc(N)c12. The van der Waals surface area contributed by atoms with Crippen LogP contribution in [0.4, 0.5) is 10.2 Å². The first kappa shape index (κ1) is 24.2. The summed E-state index contributed by atoms with van der Waals surface area (Å²) in [5.74, 6) is -1.10. The molecule has 2 aromatic heterocycles. The molecule has 11 heteroatoms. The van der Waals surface area contributed by atoms with E-state index in [1.807, 2.05) is 18.2 Å².